The lowest BCUT2D eigenvalue weighted by Crippen LogP contribution is -2.61. The van der Waals surface area contributed by atoms with E-state index in [9.17, 15) is 9.90 Å². The minimum atomic E-state index is -0.962. The van der Waals surface area contributed by atoms with Gasteiger partial charge in [-0.15, -0.1) is 0 Å². The first kappa shape index (κ1) is 11.5. The molecule has 4 aliphatic rings. The Labute approximate surface area is 101 Å². The van der Waals surface area contributed by atoms with Gasteiger partial charge in [-0.2, -0.15) is 0 Å². The number of hydrogen-bond acceptors (Lipinski definition) is 4. The largest absolute Gasteiger partial charge is 0.466 e. The van der Waals surface area contributed by atoms with E-state index in [1.807, 2.05) is 6.92 Å². The van der Waals surface area contributed by atoms with E-state index >= 15 is 0 Å². The molecule has 17 heavy (non-hydrogen) atoms. The molecule has 0 spiro atoms. The number of esters is 1. The van der Waals surface area contributed by atoms with Crippen molar-refractivity contribution < 1.29 is 19.4 Å². The fourth-order valence-electron chi connectivity index (χ4n) is 4.30. The number of ether oxygens (including phenoxy) is 2. The molecule has 2 aliphatic carbocycles. The number of carbonyl (C=O) groups is 1. The molecule has 96 valence electrons. The fraction of sp³-hybridized carbons (Fsp3) is 0.923. The molecule has 0 aromatic heterocycles. The normalized spacial score (nSPS) is 47.2. The zero-order chi connectivity index (χ0) is 12.1. The lowest BCUT2D eigenvalue weighted by atomic mass is 9.60. The van der Waals surface area contributed by atoms with Gasteiger partial charge < -0.3 is 14.6 Å². The van der Waals surface area contributed by atoms with Crippen LogP contribution in [-0.4, -0.2) is 29.1 Å². The summed E-state index contributed by atoms with van der Waals surface area (Å²) in [7, 11) is 0. The van der Waals surface area contributed by atoms with Gasteiger partial charge in [-0.1, -0.05) is 0 Å². The number of aliphatic hydroxyl groups is 1. The Kier molecular flexibility index (Phi) is 2.49. The van der Waals surface area contributed by atoms with Gasteiger partial charge in [-0.05, 0) is 38.0 Å². The summed E-state index contributed by atoms with van der Waals surface area (Å²) in [4.78, 5) is 11.6. The zero-order valence-corrected chi connectivity index (χ0v) is 10.3. The molecule has 4 bridgehead atoms. The van der Waals surface area contributed by atoms with Crippen LogP contribution in [0.1, 0.15) is 45.4 Å². The van der Waals surface area contributed by atoms with Crippen molar-refractivity contribution in [2.24, 2.45) is 11.8 Å². The predicted octanol–water partition coefficient (Wildman–Crippen LogP) is 1.61. The Hall–Kier alpha value is -0.610. The van der Waals surface area contributed by atoms with Gasteiger partial charge in [0.1, 0.15) is 0 Å². The van der Waals surface area contributed by atoms with Gasteiger partial charge in [0.05, 0.1) is 18.6 Å². The highest BCUT2D eigenvalue weighted by atomic mass is 16.6. The lowest BCUT2D eigenvalue weighted by molar-refractivity contribution is -0.355. The highest BCUT2D eigenvalue weighted by Gasteiger charge is 2.58. The van der Waals surface area contributed by atoms with E-state index in [4.69, 9.17) is 9.47 Å². The van der Waals surface area contributed by atoms with Crippen molar-refractivity contribution in [1.29, 1.82) is 0 Å². The highest BCUT2D eigenvalue weighted by Crippen LogP contribution is 2.57. The maximum absolute atomic E-state index is 11.6. The Morgan fingerprint density at radius 2 is 2.00 bits per heavy atom. The van der Waals surface area contributed by atoms with E-state index in [-0.39, 0.29) is 5.97 Å². The third-order valence-corrected chi connectivity index (χ3v) is 4.38. The summed E-state index contributed by atoms with van der Waals surface area (Å²) in [5.41, 5.74) is -0.439. The second kappa shape index (κ2) is 3.69. The first-order valence-electron chi connectivity index (χ1n) is 6.61. The first-order valence-corrected chi connectivity index (χ1v) is 6.61. The lowest BCUT2D eigenvalue weighted by Gasteiger charge is -2.59. The molecule has 0 amide bonds. The van der Waals surface area contributed by atoms with Crippen molar-refractivity contribution in [1.82, 2.24) is 0 Å². The molecule has 0 aromatic rings. The highest BCUT2D eigenvalue weighted by molar-refractivity contribution is 5.70. The third kappa shape index (κ3) is 1.97. The smallest absolute Gasteiger partial charge is 0.308 e. The van der Waals surface area contributed by atoms with Crippen molar-refractivity contribution in [3.05, 3.63) is 0 Å². The maximum atomic E-state index is 11.6. The van der Waals surface area contributed by atoms with E-state index in [1.165, 1.54) is 6.42 Å². The number of rotatable bonds is 3. The van der Waals surface area contributed by atoms with Crippen LogP contribution in [0.15, 0.2) is 0 Å². The van der Waals surface area contributed by atoms with Gasteiger partial charge in [0.2, 0.25) is 0 Å². The van der Waals surface area contributed by atoms with Crippen molar-refractivity contribution in [2.45, 2.75) is 56.8 Å². The quantitative estimate of drug-likeness (QED) is 0.761. The van der Waals surface area contributed by atoms with Crippen molar-refractivity contribution in [3.8, 4) is 0 Å². The SMILES string of the molecule is CCOC(=O)CC12CC3CC(CC(O)(C3)O1)C2. The topological polar surface area (TPSA) is 55.8 Å². The van der Waals surface area contributed by atoms with E-state index in [0.29, 0.717) is 24.9 Å². The molecule has 1 N–H and O–H groups in total. The monoisotopic (exact) mass is 240 g/mol. The van der Waals surface area contributed by atoms with Crippen LogP contribution in [0.25, 0.3) is 0 Å². The average Bonchev–Trinajstić information content (AvgIpc) is 2.11. The fourth-order valence-corrected chi connectivity index (χ4v) is 4.30. The van der Waals surface area contributed by atoms with E-state index in [1.54, 1.807) is 0 Å². The van der Waals surface area contributed by atoms with Crippen LogP contribution in [0.4, 0.5) is 0 Å². The van der Waals surface area contributed by atoms with Crippen LogP contribution in [0.2, 0.25) is 0 Å². The van der Waals surface area contributed by atoms with Gasteiger partial charge in [-0.3, -0.25) is 4.79 Å². The first-order chi connectivity index (χ1) is 8.03. The molecule has 2 heterocycles. The molecule has 2 aliphatic heterocycles. The molecule has 4 fully saturated rings. The van der Waals surface area contributed by atoms with Crippen molar-refractivity contribution in [3.63, 3.8) is 0 Å². The van der Waals surface area contributed by atoms with Crippen LogP contribution in [0.5, 0.6) is 0 Å². The molecule has 0 aromatic carbocycles. The average molecular weight is 240 g/mol. The minimum Gasteiger partial charge on any atom is -0.466 e. The van der Waals surface area contributed by atoms with E-state index < -0.39 is 11.4 Å². The molecule has 2 saturated heterocycles. The molecule has 4 heteroatoms. The van der Waals surface area contributed by atoms with E-state index in [0.717, 1.165) is 25.7 Å². The molecule has 2 unspecified atom stereocenters. The summed E-state index contributed by atoms with van der Waals surface area (Å²) in [5, 5.41) is 10.3. The zero-order valence-electron chi connectivity index (χ0n) is 10.3. The summed E-state index contributed by atoms with van der Waals surface area (Å²) in [6.45, 7) is 2.22. The molecular formula is C13H20O4. The van der Waals surface area contributed by atoms with Crippen LogP contribution < -0.4 is 0 Å². The van der Waals surface area contributed by atoms with E-state index in [2.05, 4.69) is 0 Å². The maximum Gasteiger partial charge on any atom is 0.308 e. The second-order valence-corrected chi connectivity index (χ2v) is 6.00. The molecule has 0 radical (unpaired) electrons. The van der Waals surface area contributed by atoms with Crippen LogP contribution >= 0.6 is 0 Å². The van der Waals surface area contributed by atoms with Crippen LogP contribution in [0, 0.1) is 11.8 Å². The molecular weight excluding hydrogens is 220 g/mol. The summed E-state index contributed by atoms with van der Waals surface area (Å²) < 4.78 is 10.9. The van der Waals surface area contributed by atoms with Crippen molar-refractivity contribution >= 4 is 5.97 Å². The van der Waals surface area contributed by atoms with Crippen LogP contribution in [0.3, 0.4) is 0 Å². The summed E-state index contributed by atoms with van der Waals surface area (Å²) in [5.74, 6) is -0.110. The summed E-state index contributed by atoms with van der Waals surface area (Å²) >= 11 is 0. The van der Waals surface area contributed by atoms with Gasteiger partial charge >= 0.3 is 5.97 Å². The molecule has 2 saturated carbocycles. The molecule has 2 atom stereocenters. The minimum absolute atomic E-state index is 0.196. The summed E-state index contributed by atoms with van der Waals surface area (Å²) in [6, 6.07) is 0. The van der Waals surface area contributed by atoms with Gasteiger partial charge in [0, 0.05) is 12.8 Å². The Bertz CT molecular complexity index is 324. The van der Waals surface area contributed by atoms with Gasteiger partial charge in [0.15, 0.2) is 5.79 Å². The van der Waals surface area contributed by atoms with Crippen molar-refractivity contribution in [2.75, 3.05) is 6.61 Å². The van der Waals surface area contributed by atoms with Gasteiger partial charge in [0.25, 0.3) is 0 Å². The summed E-state index contributed by atoms with van der Waals surface area (Å²) in [6.07, 6.45) is 4.80. The second-order valence-electron chi connectivity index (χ2n) is 6.00. The Morgan fingerprint density at radius 1 is 1.35 bits per heavy atom. The number of hydrogen-bond donors (Lipinski definition) is 1. The third-order valence-electron chi connectivity index (χ3n) is 4.38. The number of carbonyl (C=O) groups excluding carboxylic acids is 1. The molecule has 4 rings (SSSR count). The Balaban J connectivity index is 1.76. The standard InChI is InChI=1S/C13H20O4/c1-2-16-11(14)8-12-4-9-3-10(5-12)7-13(15,6-9)17-12/h9-10,15H,2-8H2,1H3. The van der Waals surface area contributed by atoms with Gasteiger partial charge in [-0.25, -0.2) is 0 Å². The Morgan fingerprint density at radius 3 is 2.53 bits per heavy atom. The predicted molar refractivity (Wildman–Crippen MR) is 60.1 cm³/mol. The van der Waals surface area contributed by atoms with Crippen LogP contribution in [-0.2, 0) is 14.3 Å². The molecule has 4 nitrogen and oxygen atoms in total.